The molecule has 2 aromatic carbocycles. The van der Waals surface area contributed by atoms with Crippen LogP contribution in [0.3, 0.4) is 0 Å². The van der Waals surface area contributed by atoms with Gasteiger partial charge < -0.3 is 20.6 Å². The monoisotopic (exact) mass is 385 g/mol. The quantitative estimate of drug-likeness (QED) is 0.567. The molecule has 0 fully saturated rings. The predicted octanol–water partition coefficient (Wildman–Crippen LogP) is 3.31. The van der Waals surface area contributed by atoms with Crippen LogP contribution in [0.1, 0.15) is 22.6 Å². The molecule has 0 radical (unpaired) electrons. The highest BCUT2D eigenvalue weighted by Crippen LogP contribution is 2.42. The molecule has 6 heteroatoms. The molecular weight excluding hydrogens is 370 g/mol. The Labute approximate surface area is 144 Å². The lowest BCUT2D eigenvalue weighted by Gasteiger charge is -2.20. The van der Waals surface area contributed by atoms with E-state index in [1.54, 1.807) is 18.2 Å². The summed E-state index contributed by atoms with van der Waals surface area (Å²) < 4.78 is 0. The van der Waals surface area contributed by atoms with Gasteiger partial charge in [-0.25, -0.2) is 0 Å². The zero-order valence-corrected chi connectivity index (χ0v) is 14.2. The van der Waals surface area contributed by atoms with Crippen LogP contribution in [0.15, 0.2) is 30.3 Å². The molecule has 0 saturated heterocycles. The first-order valence-corrected chi connectivity index (χ1v) is 7.18. The molecule has 3 rings (SSSR count). The van der Waals surface area contributed by atoms with Gasteiger partial charge in [-0.3, -0.25) is 0 Å². The summed E-state index contributed by atoms with van der Waals surface area (Å²) in [6.45, 7) is 1.46. The summed E-state index contributed by atoms with van der Waals surface area (Å²) >= 11 is 6.19. The zero-order valence-electron chi connectivity index (χ0n) is 11.7. The van der Waals surface area contributed by atoms with E-state index < -0.39 is 0 Å². The number of hydrogen-bond donors (Lipinski definition) is 4. The standard InChI is InChI=1S/C16H16ClNO3.BrH/c17-15-11-5-6-18-8-13(9-1-3-10(19)4-2-9)12(11)7-14(20)16(15)21;/h1-4,7,13,18-21H,5-6,8H2;1H. The summed E-state index contributed by atoms with van der Waals surface area (Å²) in [6.07, 6.45) is 0.691. The third-order valence-corrected chi connectivity index (χ3v) is 4.33. The van der Waals surface area contributed by atoms with E-state index in [1.807, 2.05) is 12.1 Å². The Balaban J connectivity index is 0.00000176. The summed E-state index contributed by atoms with van der Waals surface area (Å²) in [5, 5.41) is 32.7. The van der Waals surface area contributed by atoms with E-state index in [-0.39, 0.29) is 45.2 Å². The van der Waals surface area contributed by atoms with Gasteiger partial charge in [0.05, 0.1) is 5.02 Å². The summed E-state index contributed by atoms with van der Waals surface area (Å²) in [5.74, 6) is -0.245. The summed E-state index contributed by atoms with van der Waals surface area (Å²) in [5.41, 5.74) is 2.78. The molecule has 2 aromatic rings. The molecule has 0 bridgehead atoms. The SMILES string of the molecule is Br.Oc1ccc(C2CNCCc3c2cc(O)c(O)c3Cl)cc1. The molecule has 1 heterocycles. The lowest BCUT2D eigenvalue weighted by molar-refractivity contribution is 0.402. The van der Waals surface area contributed by atoms with Crippen molar-refractivity contribution in [2.45, 2.75) is 12.3 Å². The Morgan fingerprint density at radius 1 is 1.09 bits per heavy atom. The van der Waals surface area contributed by atoms with Gasteiger partial charge in [0.25, 0.3) is 0 Å². The number of nitrogens with one attached hydrogen (secondary N) is 1. The lowest BCUT2D eigenvalue weighted by atomic mass is 9.87. The van der Waals surface area contributed by atoms with Crippen molar-refractivity contribution in [3.8, 4) is 17.2 Å². The highest BCUT2D eigenvalue weighted by molar-refractivity contribution is 8.93. The highest BCUT2D eigenvalue weighted by atomic mass is 79.9. The molecule has 0 amide bonds. The Morgan fingerprint density at radius 2 is 1.77 bits per heavy atom. The number of aromatic hydroxyl groups is 3. The fourth-order valence-corrected chi connectivity index (χ4v) is 3.12. The van der Waals surface area contributed by atoms with E-state index in [0.29, 0.717) is 13.0 Å². The first-order valence-electron chi connectivity index (χ1n) is 6.80. The van der Waals surface area contributed by atoms with Gasteiger partial charge in [0.1, 0.15) is 5.75 Å². The lowest BCUT2D eigenvalue weighted by Crippen LogP contribution is -2.20. The Kier molecular flexibility index (Phi) is 5.21. The second-order valence-electron chi connectivity index (χ2n) is 5.22. The molecule has 4 nitrogen and oxygen atoms in total. The van der Waals surface area contributed by atoms with E-state index in [4.69, 9.17) is 11.6 Å². The number of fused-ring (bicyclic) bond motifs is 1. The van der Waals surface area contributed by atoms with Crippen LogP contribution >= 0.6 is 28.6 Å². The van der Waals surface area contributed by atoms with Gasteiger partial charge in [-0.1, -0.05) is 23.7 Å². The fourth-order valence-electron chi connectivity index (χ4n) is 2.82. The van der Waals surface area contributed by atoms with Crippen LogP contribution in [0.4, 0.5) is 0 Å². The van der Waals surface area contributed by atoms with Crippen LogP contribution in [-0.4, -0.2) is 28.4 Å². The molecule has 0 aliphatic carbocycles. The molecule has 0 spiro atoms. The van der Waals surface area contributed by atoms with Crippen molar-refractivity contribution in [1.82, 2.24) is 5.32 Å². The average molecular weight is 387 g/mol. The maximum Gasteiger partial charge on any atom is 0.176 e. The van der Waals surface area contributed by atoms with Gasteiger partial charge in [-0.05, 0) is 47.9 Å². The number of benzene rings is 2. The normalized spacial score (nSPS) is 17.2. The van der Waals surface area contributed by atoms with Crippen LogP contribution in [0.2, 0.25) is 5.02 Å². The molecule has 4 N–H and O–H groups in total. The first-order chi connectivity index (χ1) is 10.1. The van der Waals surface area contributed by atoms with Gasteiger partial charge in [0, 0.05) is 12.5 Å². The first kappa shape index (κ1) is 16.9. The third-order valence-electron chi connectivity index (χ3n) is 3.93. The van der Waals surface area contributed by atoms with Crippen LogP contribution in [0, 0.1) is 0 Å². The van der Waals surface area contributed by atoms with Gasteiger partial charge >= 0.3 is 0 Å². The number of phenols is 3. The Hall–Kier alpha value is -1.43. The minimum Gasteiger partial charge on any atom is -0.508 e. The van der Waals surface area contributed by atoms with Gasteiger partial charge in [0.2, 0.25) is 0 Å². The molecule has 1 atom stereocenters. The average Bonchev–Trinajstić information content (AvgIpc) is 2.68. The molecule has 0 aromatic heterocycles. The van der Waals surface area contributed by atoms with Crippen molar-refractivity contribution >= 4 is 28.6 Å². The van der Waals surface area contributed by atoms with Gasteiger partial charge in [-0.2, -0.15) is 0 Å². The topological polar surface area (TPSA) is 72.7 Å². The van der Waals surface area contributed by atoms with Crippen molar-refractivity contribution in [2.75, 3.05) is 13.1 Å². The Bertz CT molecular complexity index is 676. The molecule has 1 unspecified atom stereocenters. The summed E-state index contributed by atoms with van der Waals surface area (Å²) in [6, 6.07) is 8.58. The molecule has 0 saturated carbocycles. The van der Waals surface area contributed by atoms with E-state index >= 15 is 0 Å². The van der Waals surface area contributed by atoms with E-state index in [0.717, 1.165) is 23.2 Å². The smallest absolute Gasteiger partial charge is 0.176 e. The molecule has 1 aliphatic heterocycles. The molecular formula is C16H17BrClNO3. The summed E-state index contributed by atoms with van der Waals surface area (Å²) in [4.78, 5) is 0. The second-order valence-corrected chi connectivity index (χ2v) is 5.60. The fraction of sp³-hybridized carbons (Fsp3) is 0.250. The molecule has 22 heavy (non-hydrogen) atoms. The maximum absolute atomic E-state index is 9.86. The van der Waals surface area contributed by atoms with Crippen LogP contribution in [0.25, 0.3) is 0 Å². The number of phenolic OH excluding ortho intramolecular Hbond substituents is 3. The van der Waals surface area contributed by atoms with E-state index in [9.17, 15) is 15.3 Å². The summed E-state index contributed by atoms with van der Waals surface area (Å²) in [7, 11) is 0. The number of hydrogen-bond acceptors (Lipinski definition) is 4. The maximum atomic E-state index is 9.86. The molecule has 1 aliphatic rings. The number of halogens is 2. The molecule has 118 valence electrons. The van der Waals surface area contributed by atoms with Crippen molar-refractivity contribution in [2.24, 2.45) is 0 Å². The largest absolute Gasteiger partial charge is 0.508 e. The van der Waals surface area contributed by atoms with E-state index in [2.05, 4.69) is 5.32 Å². The zero-order chi connectivity index (χ0) is 15.0. The minimum atomic E-state index is -0.262. The van der Waals surface area contributed by atoms with Gasteiger partial charge in [-0.15, -0.1) is 17.0 Å². The second kappa shape index (κ2) is 6.77. The predicted molar refractivity (Wildman–Crippen MR) is 91.6 cm³/mol. The van der Waals surface area contributed by atoms with Crippen molar-refractivity contribution < 1.29 is 15.3 Å². The van der Waals surface area contributed by atoms with Crippen LogP contribution in [0.5, 0.6) is 17.2 Å². The third kappa shape index (κ3) is 3.02. The number of rotatable bonds is 1. The van der Waals surface area contributed by atoms with Crippen LogP contribution < -0.4 is 5.32 Å². The van der Waals surface area contributed by atoms with Crippen LogP contribution in [-0.2, 0) is 6.42 Å². The Morgan fingerprint density at radius 3 is 2.45 bits per heavy atom. The van der Waals surface area contributed by atoms with Crippen molar-refractivity contribution in [3.05, 3.63) is 52.0 Å². The van der Waals surface area contributed by atoms with Gasteiger partial charge in [0.15, 0.2) is 11.5 Å². The van der Waals surface area contributed by atoms with E-state index in [1.165, 1.54) is 0 Å². The minimum absolute atomic E-state index is 0. The van der Waals surface area contributed by atoms with Crippen molar-refractivity contribution in [3.63, 3.8) is 0 Å². The van der Waals surface area contributed by atoms with Crippen molar-refractivity contribution in [1.29, 1.82) is 0 Å². The highest BCUT2D eigenvalue weighted by Gasteiger charge is 2.25.